The Balaban J connectivity index is 4.81. The number of carbonyl (C=O) groups is 1. The van der Waals surface area contributed by atoms with E-state index in [1.807, 2.05) is 44.0 Å². The highest BCUT2D eigenvalue weighted by Crippen LogP contribution is 2.12. The summed E-state index contributed by atoms with van der Waals surface area (Å²) < 4.78 is 0. The van der Waals surface area contributed by atoms with E-state index in [2.05, 4.69) is 6.58 Å². The second kappa shape index (κ2) is 7.74. The molecule has 2 N–H and O–H groups in total. The Bertz CT molecular complexity index is 292. The highest BCUT2D eigenvalue weighted by Gasteiger charge is 2.19. The summed E-state index contributed by atoms with van der Waals surface area (Å²) in [6.07, 6.45) is 9.11. The zero-order valence-electron chi connectivity index (χ0n) is 10.4. The number of hydrogen-bond acceptors (Lipinski definition) is 2. The van der Waals surface area contributed by atoms with Crippen LogP contribution >= 0.6 is 0 Å². The third-order valence-corrected chi connectivity index (χ3v) is 2.46. The van der Waals surface area contributed by atoms with Gasteiger partial charge in [0.1, 0.15) is 6.04 Å². The molecule has 0 aromatic rings. The summed E-state index contributed by atoms with van der Waals surface area (Å²) in [5.41, 5.74) is 6.36. The summed E-state index contributed by atoms with van der Waals surface area (Å²) in [6, 6.07) is -0.245. The van der Waals surface area contributed by atoms with Crippen LogP contribution in [0.3, 0.4) is 0 Å². The molecule has 0 aromatic heterocycles. The lowest BCUT2D eigenvalue weighted by atomic mass is 10.1. The summed E-state index contributed by atoms with van der Waals surface area (Å²) >= 11 is 0. The van der Waals surface area contributed by atoms with Crippen LogP contribution in [-0.4, -0.2) is 23.9 Å². The molecular weight excluding hydrogens is 200 g/mol. The molecule has 3 heteroatoms. The first-order valence-corrected chi connectivity index (χ1v) is 5.56. The number of carbonyl (C=O) groups excluding carboxylic acids is 1. The minimum atomic E-state index is -0.282. The van der Waals surface area contributed by atoms with E-state index < -0.39 is 0 Å². The largest absolute Gasteiger partial charge is 0.368 e. The van der Waals surface area contributed by atoms with Crippen LogP contribution in [-0.2, 0) is 4.79 Å². The van der Waals surface area contributed by atoms with Crippen molar-refractivity contribution in [2.75, 3.05) is 7.05 Å². The highest BCUT2D eigenvalue weighted by molar-refractivity contribution is 5.80. The molecule has 0 aliphatic heterocycles. The van der Waals surface area contributed by atoms with Gasteiger partial charge in [0.2, 0.25) is 5.91 Å². The normalized spacial score (nSPS) is 13.8. The van der Waals surface area contributed by atoms with E-state index >= 15 is 0 Å². The van der Waals surface area contributed by atoms with E-state index in [9.17, 15) is 4.79 Å². The van der Waals surface area contributed by atoms with Crippen molar-refractivity contribution >= 4 is 5.91 Å². The minimum absolute atomic E-state index is 0.245. The molecule has 0 heterocycles. The van der Waals surface area contributed by atoms with Gasteiger partial charge in [-0.1, -0.05) is 38.2 Å². The van der Waals surface area contributed by atoms with Crippen LogP contribution < -0.4 is 5.73 Å². The fourth-order valence-corrected chi connectivity index (χ4v) is 1.56. The van der Waals surface area contributed by atoms with E-state index in [-0.39, 0.29) is 11.9 Å². The molecule has 3 nitrogen and oxygen atoms in total. The van der Waals surface area contributed by atoms with Crippen molar-refractivity contribution < 1.29 is 4.79 Å². The van der Waals surface area contributed by atoms with Gasteiger partial charge in [-0.3, -0.25) is 4.79 Å². The van der Waals surface area contributed by atoms with E-state index in [0.29, 0.717) is 0 Å². The summed E-state index contributed by atoms with van der Waals surface area (Å²) in [5, 5.41) is 0. The quantitative estimate of drug-likeness (QED) is 0.671. The SMILES string of the molecule is C=C/C=C\C(=C/C)N(C)[C@H](CCC)C(N)=O. The van der Waals surface area contributed by atoms with E-state index in [4.69, 9.17) is 5.73 Å². The van der Waals surface area contributed by atoms with Crippen LogP contribution in [0.4, 0.5) is 0 Å². The number of allylic oxidation sites excluding steroid dienone is 4. The standard InChI is InChI=1S/C13H22N2O/c1-5-8-10-11(7-3)15(4)12(9-6-2)13(14)16/h5,7-8,10,12H,1,6,9H2,2-4H3,(H2,14,16)/b10-8-,11-7+/t12-/m1/s1. The number of nitrogens with two attached hydrogens (primary N) is 1. The van der Waals surface area contributed by atoms with E-state index in [0.717, 1.165) is 18.5 Å². The second-order valence-corrected chi connectivity index (χ2v) is 3.63. The third kappa shape index (κ3) is 4.34. The Labute approximate surface area is 98.3 Å². The molecule has 0 radical (unpaired) electrons. The van der Waals surface area contributed by atoms with Crippen molar-refractivity contribution in [2.45, 2.75) is 32.7 Å². The highest BCUT2D eigenvalue weighted by atomic mass is 16.1. The average Bonchev–Trinajstić information content (AvgIpc) is 2.26. The second-order valence-electron chi connectivity index (χ2n) is 3.63. The molecule has 0 spiro atoms. The smallest absolute Gasteiger partial charge is 0.240 e. The topological polar surface area (TPSA) is 46.3 Å². The van der Waals surface area contributed by atoms with Crippen LogP contribution in [0.25, 0.3) is 0 Å². The molecule has 1 atom stereocenters. The van der Waals surface area contributed by atoms with Gasteiger partial charge in [0, 0.05) is 12.7 Å². The Kier molecular flexibility index (Phi) is 7.01. The molecule has 0 saturated carbocycles. The van der Waals surface area contributed by atoms with Crippen molar-refractivity contribution in [3.63, 3.8) is 0 Å². The number of rotatable bonds is 7. The molecule has 0 bridgehead atoms. The average molecular weight is 222 g/mol. The van der Waals surface area contributed by atoms with Crippen LogP contribution in [0.5, 0.6) is 0 Å². The maximum atomic E-state index is 11.3. The van der Waals surface area contributed by atoms with Crippen molar-refractivity contribution in [3.05, 3.63) is 36.6 Å². The van der Waals surface area contributed by atoms with E-state index in [1.54, 1.807) is 6.08 Å². The van der Waals surface area contributed by atoms with Crippen molar-refractivity contribution in [1.82, 2.24) is 4.90 Å². The number of primary amides is 1. The van der Waals surface area contributed by atoms with Crippen LogP contribution in [0, 0.1) is 0 Å². The van der Waals surface area contributed by atoms with Crippen LogP contribution in [0.1, 0.15) is 26.7 Å². The van der Waals surface area contributed by atoms with Crippen molar-refractivity contribution in [2.24, 2.45) is 5.73 Å². The summed E-state index contributed by atoms with van der Waals surface area (Å²) in [7, 11) is 1.88. The number of likely N-dealkylation sites (N-methyl/N-ethyl adjacent to an activating group) is 1. The van der Waals surface area contributed by atoms with Crippen LogP contribution in [0.2, 0.25) is 0 Å². The fourth-order valence-electron chi connectivity index (χ4n) is 1.56. The molecule has 0 aromatic carbocycles. The maximum absolute atomic E-state index is 11.3. The first kappa shape index (κ1) is 14.5. The first-order chi connectivity index (χ1) is 7.58. The lowest BCUT2D eigenvalue weighted by Crippen LogP contribution is -2.41. The molecule has 16 heavy (non-hydrogen) atoms. The van der Waals surface area contributed by atoms with Gasteiger partial charge in [0.05, 0.1) is 0 Å². The molecule has 0 aliphatic carbocycles. The lowest BCUT2D eigenvalue weighted by molar-refractivity contribution is -0.122. The van der Waals surface area contributed by atoms with Gasteiger partial charge in [-0.25, -0.2) is 0 Å². The molecule has 1 amide bonds. The van der Waals surface area contributed by atoms with Gasteiger partial charge < -0.3 is 10.6 Å². The van der Waals surface area contributed by atoms with Gasteiger partial charge in [-0.15, -0.1) is 0 Å². The predicted molar refractivity (Wildman–Crippen MR) is 68.7 cm³/mol. The first-order valence-electron chi connectivity index (χ1n) is 5.56. The molecular formula is C13H22N2O. The molecule has 0 saturated heterocycles. The molecule has 0 unspecified atom stereocenters. The van der Waals surface area contributed by atoms with Gasteiger partial charge in [0.25, 0.3) is 0 Å². The van der Waals surface area contributed by atoms with E-state index in [1.165, 1.54) is 0 Å². The zero-order valence-corrected chi connectivity index (χ0v) is 10.4. The Morgan fingerprint density at radius 1 is 1.56 bits per heavy atom. The number of nitrogens with zero attached hydrogens (tertiary/aromatic N) is 1. The van der Waals surface area contributed by atoms with Gasteiger partial charge >= 0.3 is 0 Å². The zero-order chi connectivity index (χ0) is 12.6. The summed E-state index contributed by atoms with van der Waals surface area (Å²) in [4.78, 5) is 13.2. The molecule has 90 valence electrons. The Morgan fingerprint density at radius 2 is 2.19 bits per heavy atom. The predicted octanol–water partition coefficient (Wildman–Crippen LogP) is 2.22. The molecule has 0 rings (SSSR count). The Hall–Kier alpha value is -1.51. The van der Waals surface area contributed by atoms with Crippen molar-refractivity contribution in [3.8, 4) is 0 Å². The third-order valence-electron chi connectivity index (χ3n) is 2.46. The maximum Gasteiger partial charge on any atom is 0.240 e. The summed E-state index contributed by atoms with van der Waals surface area (Å²) in [6.45, 7) is 7.59. The number of amides is 1. The van der Waals surface area contributed by atoms with Gasteiger partial charge in [0.15, 0.2) is 0 Å². The lowest BCUT2D eigenvalue weighted by Gasteiger charge is -2.28. The van der Waals surface area contributed by atoms with Gasteiger partial charge in [-0.05, 0) is 19.4 Å². The van der Waals surface area contributed by atoms with Gasteiger partial charge in [-0.2, -0.15) is 0 Å². The van der Waals surface area contributed by atoms with Crippen molar-refractivity contribution in [1.29, 1.82) is 0 Å². The molecule has 0 aliphatic rings. The fraction of sp³-hybridized carbons (Fsp3) is 0.462. The Morgan fingerprint density at radius 3 is 2.56 bits per heavy atom. The van der Waals surface area contributed by atoms with Crippen LogP contribution in [0.15, 0.2) is 36.6 Å². The number of hydrogen-bond donors (Lipinski definition) is 1. The molecule has 0 fully saturated rings. The summed E-state index contributed by atoms with van der Waals surface area (Å²) in [5.74, 6) is -0.282. The monoisotopic (exact) mass is 222 g/mol. The minimum Gasteiger partial charge on any atom is -0.368 e.